The van der Waals surface area contributed by atoms with Crippen LogP contribution in [-0.2, 0) is 6.54 Å². The molecule has 3 heterocycles. The van der Waals surface area contributed by atoms with Gasteiger partial charge in [-0.15, -0.1) is 11.3 Å². The van der Waals surface area contributed by atoms with Crippen LogP contribution in [0.4, 0.5) is 4.39 Å². The highest BCUT2D eigenvalue weighted by molar-refractivity contribution is 7.15. The molecule has 3 aromatic rings. The second-order valence-corrected chi connectivity index (χ2v) is 8.11. The van der Waals surface area contributed by atoms with Gasteiger partial charge in [0.05, 0.1) is 6.04 Å². The highest BCUT2D eigenvalue weighted by Crippen LogP contribution is 2.29. The first-order valence-electron chi connectivity index (χ1n) is 9.20. The maximum atomic E-state index is 13.4. The molecule has 0 aliphatic carbocycles. The minimum atomic E-state index is -0.191. The summed E-state index contributed by atoms with van der Waals surface area (Å²) in [7, 11) is 0. The summed E-state index contributed by atoms with van der Waals surface area (Å²) in [6, 6.07) is 11.2. The lowest BCUT2D eigenvalue weighted by Gasteiger charge is -2.36. The van der Waals surface area contributed by atoms with Crippen molar-refractivity contribution in [2.75, 3.05) is 26.2 Å². The molecule has 0 unspecified atom stereocenters. The van der Waals surface area contributed by atoms with E-state index in [9.17, 15) is 4.39 Å². The van der Waals surface area contributed by atoms with Gasteiger partial charge in [-0.25, -0.2) is 4.39 Å². The Kier molecular flexibility index (Phi) is 5.33. The summed E-state index contributed by atoms with van der Waals surface area (Å²) in [6.45, 7) is 8.86. The van der Waals surface area contributed by atoms with E-state index in [4.69, 9.17) is 4.52 Å². The Hall–Kier alpha value is -2.09. The molecule has 1 aliphatic rings. The number of halogens is 1. The fourth-order valence-corrected chi connectivity index (χ4v) is 4.47. The van der Waals surface area contributed by atoms with E-state index in [1.165, 1.54) is 10.9 Å². The number of aryl methyl sites for hydroxylation is 1. The number of hydrogen-bond acceptors (Lipinski definition) is 6. The lowest BCUT2D eigenvalue weighted by atomic mass is 10.2. The smallest absolute Gasteiger partial charge is 0.243 e. The van der Waals surface area contributed by atoms with Crippen LogP contribution in [0.15, 0.2) is 40.9 Å². The molecule has 0 N–H and O–H groups in total. The Morgan fingerprint density at radius 3 is 2.70 bits per heavy atom. The summed E-state index contributed by atoms with van der Waals surface area (Å²) in [5.41, 5.74) is 0.944. The third-order valence-electron chi connectivity index (χ3n) is 5.01. The lowest BCUT2D eigenvalue weighted by Crippen LogP contribution is -2.46. The molecule has 1 fully saturated rings. The minimum Gasteiger partial charge on any atom is -0.338 e. The molecule has 0 spiro atoms. The summed E-state index contributed by atoms with van der Waals surface area (Å²) in [6.07, 6.45) is 0. The Balaban J connectivity index is 1.33. The third kappa shape index (κ3) is 4.26. The van der Waals surface area contributed by atoms with Gasteiger partial charge in [0.2, 0.25) is 5.89 Å². The zero-order valence-electron chi connectivity index (χ0n) is 15.6. The summed E-state index contributed by atoms with van der Waals surface area (Å²) in [4.78, 5) is 11.6. The van der Waals surface area contributed by atoms with E-state index in [2.05, 4.69) is 39.0 Å². The minimum absolute atomic E-state index is 0.148. The Morgan fingerprint density at radius 1 is 1.19 bits per heavy atom. The van der Waals surface area contributed by atoms with Gasteiger partial charge in [-0.05, 0) is 43.7 Å². The van der Waals surface area contributed by atoms with Crippen LogP contribution in [-0.4, -0.2) is 46.1 Å². The van der Waals surface area contributed by atoms with Crippen molar-refractivity contribution in [3.8, 4) is 10.4 Å². The number of benzene rings is 1. The van der Waals surface area contributed by atoms with Crippen molar-refractivity contribution in [1.29, 1.82) is 0 Å². The van der Waals surface area contributed by atoms with Crippen molar-refractivity contribution in [2.24, 2.45) is 0 Å². The zero-order valence-corrected chi connectivity index (χ0v) is 16.4. The van der Waals surface area contributed by atoms with E-state index in [0.29, 0.717) is 11.7 Å². The van der Waals surface area contributed by atoms with Crippen LogP contribution in [0.3, 0.4) is 0 Å². The summed E-state index contributed by atoms with van der Waals surface area (Å²) >= 11 is 1.74. The second kappa shape index (κ2) is 7.88. The Bertz CT molecular complexity index is 901. The van der Waals surface area contributed by atoms with Gasteiger partial charge >= 0.3 is 0 Å². The Morgan fingerprint density at radius 2 is 2.00 bits per heavy atom. The number of aromatic nitrogens is 2. The van der Waals surface area contributed by atoms with Crippen molar-refractivity contribution in [3.05, 3.63) is 58.8 Å². The molecule has 142 valence electrons. The zero-order chi connectivity index (χ0) is 18.8. The molecule has 2 aromatic heterocycles. The summed E-state index contributed by atoms with van der Waals surface area (Å²) in [5, 5.41) is 3.89. The first kappa shape index (κ1) is 18.3. The summed E-state index contributed by atoms with van der Waals surface area (Å²) in [5.74, 6) is 1.19. The molecule has 27 heavy (non-hydrogen) atoms. The standard InChI is InChI=1S/C20H23FN4OS/c1-14(20-22-15(2)23-26-20)25-10-8-24(9-11-25)13-18-6-7-19(27-18)16-4-3-5-17(21)12-16/h3-7,12,14H,8-11,13H2,1-2H3/t14-/m1/s1. The molecule has 1 saturated heterocycles. The molecule has 7 heteroatoms. The Labute approximate surface area is 162 Å². The first-order valence-corrected chi connectivity index (χ1v) is 10.0. The van der Waals surface area contributed by atoms with E-state index >= 15 is 0 Å². The number of rotatable bonds is 5. The molecule has 0 bridgehead atoms. The van der Waals surface area contributed by atoms with Crippen LogP contribution < -0.4 is 0 Å². The fraction of sp³-hybridized carbons (Fsp3) is 0.400. The second-order valence-electron chi connectivity index (χ2n) is 6.94. The number of thiophene rings is 1. The van der Waals surface area contributed by atoms with Crippen LogP contribution >= 0.6 is 11.3 Å². The van der Waals surface area contributed by atoms with E-state index in [1.54, 1.807) is 23.5 Å². The quantitative estimate of drug-likeness (QED) is 0.660. The average Bonchev–Trinajstić information content (AvgIpc) is 3.31. The van der Waals surface area contributed by atoms with Crippen molar-refractivity contribution >= 4 is 11.3 Å². The predicted molar refractivity (Wildman–Crippen MR) is 104 cm³/mol. The van der Waals surface area contributed by atoms with Crippen LogP contribution in [0.25, 0.3) is 10.4 Å². The van der Waals surface area contributed by atoms with Gasteiger partial charge < -0.3 is 4.52 Å². The van der Waals surface area contributed by atoms with Gasteiger partial charge in [-0.2, -0.15) is 4.98 Å². The summed E-state index contributed by atoms with van der Waals surface area (Å²) < 4.78 is 18.7. The topological polar surface area (TPSA) is 45.4 Å². The van der Waals surface area contributed by atoms with Crippen LogP contribution in [0.2, 0.25) is 0 Å². The molecule has 0 saturated carbocycles. The molecular formula is C20H23FN4OS. The van der Waals surface area contributed by atoms with Gasteiger partial charge in [0.1, 0.15) is 5.82 Å². The molecule has 0 amide bonds. The van der Waals surface area contributed by atoms with Crippen LogP contribution in [0.1, 0.15) is 29.6 Å². The van der Waals surface area contributed by atoms with Crippen molar-refractivity contribution in [1.82, 2.24) is 19.9 Å². The lowest BCUT2D eigenvalue weighted by molar-refractivity contribution is 0.0850. The van der Waals surface area contributed by atoms with Gasteiger partial charge in [-0.3, -0.25) is 9.80 Å². The van der Waals surface area contributed by atoms with Gasteiger partial charge in [0.15, 0.2) is 5.82 Å². The molecule has 5 nitrogen and oxygen atoms in total. The van der Waals surface area contributed by atoms with Crippen LogP contribution in [0, 0.1) is 12.7 Å². The van der Waals surface area contributed by atoms with Gasteiger partial charge in [0.25, 0.3) is 0 Å². The third-order valence-corrected chi connectivity index (χ3v) is 6.12. The number of nitrogens with zero attached hydrogens (tertiary/aromatic N) is 4. The first-order chi connectivity index (χ1) is 13.1. The molecule has 0 radical (unpaired) electrons. The normalized spacial score (nSPS) is 17.3. The van der Waals surface area contributed by atoms with Gasteiger partial charge in [-0.1, -0.05) is 17.3 Å². The van der Waals surface area contributed by atoms with E-state index in [1.807, 2.05) is 13.0 Å². The van der Waals surface area contributed by atoms with Crippen molar-refractivity contribution < 1.29 is 8.91 Å². The molecule has 1 aliphatic heterocycles. The van der Waals surface area contributed by atoms with Crippen molar-refractivity contribution in [2.45, 2.75) is 26.4 Å². The maximum Gasteiger partial charge on any atom is 0.243 e. The van der Waals surface area contributed by atoms with E-state index < -0.39 is 0 Å². The average molecular weight is 386 g/mol. The number of hydrogen-bond donors (Lipinski definition) is 0. The van der Waals surface area contributed by atoms with E-state index in [-0.39, 0.29) is 11.9 Å². The fourth-order valence-electron chi connectivity index (χ4n) is 3.43. The highest BCUT2D eigenvalue weighted by Gasteiger charge is 2.25. The van der Waals surface area contributed by atoms with Gasteiger partial charge in [0, 0.05) is 42.5 Å². The molecule has 4 rings (SSSR count). The molecular weight excluding hydrogens is 363 g/mol. The van der Waals surface area contributed by atoms with Crippen molar-refractivity contribution in [3.63, 3.8) is 0 Å². The number of piperazine rings is 1. The largest absolute Gasteiger partial charge is 0.338 e. The predicted octanol–water partition coefficient (Wildman–Crippen LogP) is 4.12. The molecule has 1 aromatic carbocycles. The SMILES string of the molecule is Cc1noc([C@@H](C)N2CCN(Cc3ccc(-c4cccc(F)c4)s3)CC2)n1. The molecule has 1 atom stereocenters. The van der Waals surface area contributed by atoms with Crippen LogP contribution in [0.5, 0.6) is 0 Å². The highest BCUT2D eigenvalue weighted by atomic mass is 32.1. The monoisotopic (exact) mass is 386 g/mol. The van der Waals surface area contributed by atoms with E-state index in [0.717, 1.165) is 43.2 Å². The maximum absolute atomic E-state index is 13.4.